The van der Waals surface area contributed by atoms with Crippen LogP contribution in [-0.4, -0.2) is 15.9 Å². The van der Waals surface area contributed by atoms with Crippen molar-refractivity contribution in [3.63, 3.8) is 0 Å². The highest BCUT2D eigenvalue weighted by Crippen LogP contribution is 2.05. The molecule has 1 rings (SSSR count). The second-order valence-electron chi connectivity index (χ2n) is 3.10. The van der Waals surface area contributed by atoms with Gasteiger partial charge < -0.3 is 10.1 Å². The van der Waals surface area contributed by atoms with Crippen LogP contribution in [-0.2, 0) is 0 Å². The molecule has 1 heterocycles. The van der Waals surface area contributed by atoms with Crippen LogP contribution in [0.5, 0.6) is 5.75 Å². The van der Waals surface area contributed by atoms with E-state index in [0.717, 1.165) is 6.20 Å². The van der Waals surface area contributed by atoms with Crippen molar-refractivity contribution in [3.05, 3.63) is 28.2 Å². The third-order valence-corrected chi connectivity index (χ3v) is 1.71. The van der Waals surface area contributed by atoms with E-state index in [1.54, 1.807) is 13.8 Å². The molecule has 4 nitrogen and oxygen atoms in total. The van der Waals surface area contributed by atoms with Gasteiger partial charge in [-0.25, -0.2) is 0 Å². The molecule has 0 fully saturated rings. The Hall–Kier alpha value is -1.58. The van der Waals surface area contributed by atoms with Gasteiger partial charge in [0.2, 0.25) is 5.43 Å². The van der Waals surface area contributed by atoms with Crippen molar-refractivity contribution in [2.24, 2.45) is 5.92 Å². The monoisotopic (exact) mass is 181 g/mol. The number of Topliss-reactive ketones (excluding diaryl/α,β-unsaturated/α-hetero) is 1. The first kappa shape index (κ1) is 9.51. The van der Waals surface area contributed by atoms with Crippen molar-refractivity contribution in [3.8, 4) is 5.75 Å². The first-order valence-corrected chi connectivity index (χ1v) is 3.98. The van der Waals surface area contributed by atoms with E-state index in [1.807, 2.05) is 0 Å². The van der Waals surface area contributed by atoms with Gasteiger partial charge in [0, 0.05) is 18.3 Å². The van der Waals surface area contributed by atoms with Crippen molar-refractivity contribution in [1.82, 2.24) is 4.98 Å². The number of hydrogen-bond acceptors (Lipinski definition) is 3. The quantitative estimate of drug-likeness (QED) is 0.666. The summed E-state index contributed by atoms with van der Waals surface area (Å²) < 4.78 is 0. The molecule has 0 aliphatic carbocycles. The molecular formula is C9H11NO3. The van der Waals surface area contributed by atoms with Crippen LogP contribution in [0.4, 0.5) is 0 Å². The summed E-state index contributed by atoms with van der Waals surface area (Å²) in [4.78, 5) is 25.1. The molecule has 0 bridgehead atoms. The summed E-state index contributed by atoms with van der Waals surface area (Å²) in [6, 6.07) is 0. The molecule has 70 valence electrons. The van der Waals surface area contributed by atoms with Crippen LogP contribution in [0.25, 0.3) is 0 Å². The normalized spacial score (nSPS) is 10.4. The Labute approximate surface area is 75.2 Å². The summed E-state index contributed by atoms with van der Waals surface area (Å²) in [5.41, 5.74) is -0.604. The number of rotatable bonds is 2. The number of hydrogen-bond donors (Lipinski definition) is 2. The van der Waals surface area contributed by atoms with Crippen LogP contribution in [0.15, 0.2) is 17.2 Å². The van der Waals surface area contributed by atoms with Gasteiger partial charge >= 0.3 is 0 Å². The SMILES string of the molecule is CC(C)C(=O)c1c[nH]cc(O)c1=O. The van der Waals surface area contributed by atoms with Gasteiger partial charge in [0.25, 0.3) is 0 Å². The Morgan fingerprint density at radius 1 is 1.46 bits per heavy atom. The number of aromatic hydroxyl groups is 1. The highest BCUT2D eigenvalue weighted by atomic mass is 16.3. The third-order valence-electron chi connectivity index (χ3n) is 1.71. The van der Waals surface area contributed by atoms with E-state index in [2.05, 4.69) is 4.98 Å². The molecular weight excluding hydrogens is 170 g/mol. The van der Waals surface area contributed by atoms with Crippen molar-refractivity contribution in [2.75, 3.05) is 0 Å². The molecule has 0 saturated carbocycles. The summed E-state index contributed by atoms with van der Waals surface area (Å²) in [5, 5.41) is 9.03. The maximum atomic E-state index is 11.4. The predicted octanol–water partition coefficient (Wildman–Crippen LogP) is 0.919. The molecule has 1 aromatic rings. The first-order chi connectivity index (χ1) is 6.04. The minimum atomic E-state index is -0.613. The second-order valence-corrected chi connectivity index (χ2v) is 3.10. The summed E-state index contributed by atoms with van der Waals surface area (Å²) in [7, 11) is 0. The van der Waals surface area contributed by atoms with Gasteiger partial charge in [0.1, 0.15) is 0 Å². The van der Waals surface area contributed by atoms with E-state index in [0.29, 0.717) is 0 Å². The van der Waals surface area contributed by atoms with Crippen molar-refractivity contribution < 1.29 is 9.90 Å². The van der Waals surface area contributed by atoms with Crippen molar-refractivity contribution in [2.45, 2.75) is 13.8 Å². The molecule has 0 amide bonds. The fourth-order valence-electron chi connectivity index (χ4n) is 0.967. The Morgan fingerprint density at radius 2 is 2.08 bits per heavy atom. The molecule has 13 heavy (non-hydrogen) atoms. The van der Waals surface area contributed by atoms with E-state index in [9.17, 15) is 9.59 Å². The van der Waals surface area contributed by atoms with Gasteiger partial charge in [-0.3, -0.25) is 9.59 Å². The Balaban J connectivity index is 3.24. The highest BCUT2D eigenvalue weighted by Gasteiger charge is 2.15. The molecule has 0 aliphatic rings. The van der Waals surface area contributed by atoms with Crippen LogP contribution in [0.1, 0.15) is 24.2 Å². The largest absolute Gasteiger partial charge is 0.503 e. The standard InChI is InChI=1S/C9H11NO3/c1-5(2)8(12)6-3-10-4-7(11)9(6)13/h3-5,11H,1-2H3,(H,10,13). The molecule has 0 aliphatic heterocycles. The van der Waals surface area contributed by atoms with Gasteiger partial charge in [0.15, 0.2) is 11.5 Å². The fourth-order valence-corrected chi connectivity index (χ4v) is 0.967. The first-order valence-electron chi connectivity index (χ1n) is 3.98. The zero-order chi connectivity index (χ0) is 10.0. The van der Waals surface area contributed by atoms with Gasteiger partial charge in [-0.15, -0.1) is 0 Å². The number of carbonyl (C=O) groups is 1. The van der Waals surface area contributed by atoms with E-state index >= 15 is 0 Å². The Morgan fingerprint density at radius 3 is 2.62 bits per heavy atom. The predicted molar refractivity (Wildman–Crippen MR) is 47.9 cm³/mol. The molecule has 0 saturated heterocycles. The summed E-state index contributed by atoms with van der Waals surface area (Å²) in [6.45, 7) is 3.40. The number of ketones is 1. The maximum absolute atomic E-state index is 11.4. The van der Waals surface area contributed by atoms with Gasteiger partial charge in [-0.05, 0) is 0 Å². The molecule has 4 heteroatoms. The summed E-state index contributed by atoms with van der Waals surface area (Å²) in [6.07, 6.45) is 2.46. The van der Waals surface area contributed by atoms with Crippen molar-refractivity contribution in [1.29, 1.82) is 0 Å². The van der Waals surface area contributed by atoms with Crippen LogP contribution in [0.3, 0.4) is 0 Å². The fraction of sp³-hybridized carbons (Fsp3) is 0.333. The van der Waals surface area contributed by atoms with Crippen LogP contribution in [0, 0.1) is 5.92 Å². The number of nitrogens with one attached hydrogen (secondary N) is 1. The molecule has 0 atom stereocenters. The average molecular weight is 181 g/mol. The number of aromatic nitrogens is 1. The Kier molecular flexibility index (Phi) is 2.51. The second kappa shape index (κ2) is 3.43. The lowest BCUT2D eigenvalue weighted by molar-refractivity contribution is 0.0937. The smallest absolute Gasteiger partial charge is 0.233 e. The lowest BCUT2D eigenvalue weighted by Gasteiger charge is -2.02. The molecule has 1 aromatic heterocycles. The van der Waals surface area contributed by atoms with Gasteiger partial charge in [0.05, 0.1) is 5.56 Å². The van der Waals surface area contributed by atoms with Crippen molar-refractivity contribution >= 4 is 5.78 Å². The molecule has 0 spiro atoms. The lowest BCUT2D eigenvalue weighted by Crippen LogP contribution is -2.18. The number of H-pyrrole nitrogens is 1. The topological polar surface area (TPSA) is 70.2 Å². The molecule has 0 radical (unpaired) electrons. The number of carbonyl (C=O) groups excluding carboxylic acids is 1. The summed E-state index contributed by atoms with van der Waals surface area (Å²) in [5.74, 6) is -0.938. The molecule has 0 aromatic carbocycles. The highest BCUT2D eigenvalue weighted by molar-refractivity contribution is 5.97. The van der Waals surface area contributed by atoms with Crippen LogP contribution in [0.2, 0.25) is 0 Å². The zero-order valence-electron chi connectivity index (χ0n) is 7.50. The zero-order valence-corrected chi connectivity index (χ0v) is 7.50. The van der Waals surface area contributed by atoms with Crippen LogP contribution < -0.4 is 5.43 Å². The Bertz CT molecular complexity index is 379. The van der Waals surface area contributed by atoms with Gasteiger partial charge in [-0.1, -0.05) is 13.8 Å². The average Bonchev–Trinajstić information content (AvgIpc) is 2.08. The van der Waals surface area contributed by atoms with E-state index in [-0.39, 0.29) is 17.3 Å². The van der Waals surface area contributed by atoms with Crippen LogP contribution >= 0.6 is 0 Å². The number of aromatic amines is 1. The number of pyridine rings is 1. The third kappa shape index (κ3) is 1.77. The molecule has 0 unspecified atom stereocenters. The summed E-state index contributed by atoms with van der Waals surface area (Å²) >= 11 is 0. The maximum Gasteiger partial charge on any atom is 0.233 e. The van der Waals surface area contributed by atoms with E-state index in [1.165, 1.54) is 6.20 Å². The van der Waals surface area contributed by atoms with E-state index in [4.69, 9.17) is 5.11 Å². The minimum Gasteiger partial charge on any atom is -0.503 e. The van der Waals surface area contributed by atoms with E-state index < -0.39 is 11.2 Å². The lowest BCUT2D eigenvalue weighted by atomic mass is 10.0. The molecule has 2 N–H and O–H groups in total. The van der Waals surface area contributed by atoms with Gasteiger partial charge in [-0.2, -0.15) is 0 Å². The minimum absolute atomic E-state index is 0.00926.